The molecule has 0 saturated carbocycles. The van der Waals surface area contributed by atoms with Gasteiger partial charge in [0, 0.05) is 5.56 Å². The highest BCUT2D eigenvalue weighted by atomic mass is 79.9. The normalized spacial score (nSPS) is 12.9. The SMILES string of the molecule is CCCOc1ccc(F)c(C(O)C(C)C)c1Br. The van der Waals surface area contributed by atoms with E-state index in [4.69, 9.17) is 4.74 Å². The van der Waals surface area contributed by atoms with Crippen molar-refractivity contribution in [3.05, 3.63) is 28.0 Å². The van der Waals surface area contributed by atoms with E-state index in [1.54, 1.807) is 6.07 Å². The molecule has 1 atom stereocenters. The molecule has 0 radical (unpaired) electrons. The van der Waals surface area contributed by atoms with Crippen LogP contribution in [-0.2, 0) is 0 Å². The number of hydrogen-bond donors (Lipinski definition) is 1. The highest BCUT2D eigenvalue weighted by Gasteiger charge is 2.22. The van der Waals surface area contributed by atoms with Gasteiger partial charge < -0.3 is 9.84 Å². The minimum Gasteiger partial charge on any atom is -0.492 e. The lowest BCUT2D eigenvalue weighted by Crippen LogP contribution is -2.10. The van der Waals surface area contributed by atoms with Crippen LogP contribution >= 0.6 is 15.9 Å². The molecule has 0 saturated heterocycles. The number of hydrogen-bond acceptors (Lipinski definition) is 2. The van der Waals surface area contributed by atoms with E-state index in [1.807, 2.05) is 20.8 Å². The minimum absolute atomic E-state index is 0.0535. The van der Waals surface area contributed by atoms with Gasteiger partial charge in [0.2, 0.25) is 0 Å². The molecule has 0 fully saturated rings. The summed E-state index contributed by atoms with van der Waals surface area (Å²) >= 11 is 3.31. The second-order valence-electron chi connectivity index (χ2n) is 4.31. The van der Waals surface area contributed by atoms with Crippen molar-refractivity contribution in [1.82, 2.24) is 0 Å². The maximum atomic E-state index is 13.7. The van der Waals surface area contributed by atoms with Gasteiger partial charge in [-0.2, -0.15) is 0 Å². The lowest BCUT2D eigenvalue weighted by molar-refractivity contribution is 0.121. The molecule has 0 aliphatic rings. The summed E-state index contributed by atoms with van der Waals surface area (Å²) in [5, 5.41) is 9.98. The standard InChI is InChI=1S/C13H18BrFO2/c1-4-7-17-10-6-5-9(15)11(12(10)14)13(16)8(2)3/h5-6,8,13,16H,4,7H2,1-3H3. The highest BCUT2D eigenvalue weighted by molar-refractivity contribution is 9.10. The molecule has 0 amide bonds. The Kier molecular flexibility index (Phi) is 5.40. The van der Waals surface area contributed by atoms with E-state index in [9.17, 15) is 9.50 Å². The molecule has 0 aromatic heterocycles. The van der Waals surface area contributed by atoms with Gasteiger partial charge in [0.25, 0.3) is 0 Å². The fourth-order valence-corrected chi connectivity index (χ4v) is 2.15. The molecule has 0 aliphatic carbocycles. The van der Waals surface area contributed by atoms with Crippen LogP contribution < -0.4 is 4.74 Å². The van der Waals surface area contributed by atoms with E-state index < -0.39 is 11.9 Å². The Morgan fingerprint density at radius 3 is 2.59 bits per heavy atom. The van der Waals surface area contributed by atoms with Gasteiger partial charge in [-0.25, -0.2) is 4.39 Å². The van der Waals surface area contributed by atoms with Crippen LogP contribution in [0.2, 0.25) is 0 Å². The van der Waals surface area contributed by atoms with Crippen molar-refractivity contribution in [2.75, 3.05) is 6.61 Å². The Balaban J connectivity index is 3.10. The number of rotatable bonds is 5. The molecule has 0 bridgehead atoms. The maximum absolute atomic E-state index is 13.7. The minimum atomic E-state index is -0.838. The van der Waals surface area contributed by atoms with Crippen LogP contribution in [0, 0.1) is 11.7 Å². The van der Waals surface area contributed by atoms with Crippen LogP contribution in [0.4, 0.5) is 4.39 Å². The Morgan fingerprint density at radius 1 is 1.41 bits per heavy atom. The van der Waals surface area contributed by atoms with Gasteiger partial charge in [-0.15, -0.1) is 0 Å². The Hall–Kier alpha value is -0.610. The maximum Gasteiger partial charge on any atom is 0.134 e. The fourth-order valence-electron chi connectivity index (χ4n) is 1.48. The fraction of sp³-hybridized carbons (Fsp3) is 0.538. The topological polar surface area (TPSA) is 29.5 Å². The third-order valence-corrected chi connectivity index (χ3v) is 3.30. The zero-order chi connectivity index (χ0) is 13.0. The molecule has 0 heterocycles. The molecule has 96 valence electrons. The van der Waals surface area contributed by atoms with Gasteiger partial charge >= 0.3 is 0 Å². The van der Waals surface area contributed by atoms with Crippen LogP contribution in [0.3, 0.4) is 0 Å². The van der Waals surface area contributed by atoms with Crippen molar-refractivity contribution in [3.63, 3.8) is 0 Å². The average Bonchev–Trinajstić information content (AvgIpc) is 2.28. The Morgan fingerprint density at radius 2 is 2.06 bits per heavy atom. The second kappa shape index (κ2) is 6.36. The van der Waals surface area contributed by atoms with Crippen LogP contribution in [0.5, 0.6) is 5.75 Å². The summed E-state index contributed by atoms with van der Waals surface area (Å²) in [5.41, 5.74) is 0.272. The van der Waals surface area contributed by atoms with E-state index in [0.717, 1.165) is 6.42 Å². The number of ether oxygens (including phenoxy) is 1. The monoisotopic (exact) mass is 304 g/mol. The highest BCUT2D eigenvalue weighted by Crippen LogP contribution is 2.37. The molecule has 17 heavy (non-hydrogen) atoms. The van der Waals surface area contributed by atoms with Gasteiger partial charge in [-0.05, 0) is 40.4 Å². The lowest BCUT2D eigenvalue weighted by Gasteiger charge is -2.19. The first-order valence-corrected chi connectivity index (χ1v) is 6.57. The van der Waals surface area contributed by atoms with Crippen molar-refractivity contribution in [3.8, 4) is 5.75 Å². The van der Waals surface area contributed by atoms with E-state index in [0.29, 0.717) is 16.8 Å². The second-order valence-corrected chi connectivity index (χ2v) is 5.10. The predicted octanol–water partition coefficient (Wildman–Crippen LogP) is 4.07. The predicted molar refractivity (Wildman–Crippen MR) is 69.7 cm³/mol. The molecular weight excluding hydrogens is 287 g/mol. The number of aliphatic hydroxyl groups excluding tert-OH is 1. The summed E-state index contributed by atoms with van der Waals surface area (Å²) in [7, 11) is 0. The van der Waals surface area contributed by atoms with Crippen molar-refractivity contribution >= 4 is 15.9 Å². The first-order chi connectivity index (χ1) is 7.99. The Bertz CT molecular complexity index is 380. The lowest BCUT2D eigenvalue weighted by atomic mass is 9.98. The van der Waals surface area contributed by atoms with Gasteiger partial charge in [0.1, 0.15) is 11.6 Å². The molecule has 2 nitrogen and oxygen atoms in total. The number of halogens is 2. The summed E-state index contributed by atoms with van der Waals surface area (Å²) in [5.74, 6) is 0.104. The van der Waals surface area contributed by atoms with E-state index >= 15 is 0 Å². The summed E-state index contributed by atoms with van der Waals surface area (Å²) in [6.45, 7) is 6.26. The van der Waals surface area contributed by atoms with Crippen LogP contribution in [0.1, 0.15) is 38.9 Å². The summed E-state index contributed by atoms with van der Waals surface area (Å²) in [4.78, 5) is 0. The molecule has 1 rings (SSSR count). The van der Waals surface area contributed by atoms with E-state index in [1.165, 1.54) is 6.07 Å². The molecule has 1 aromatic rings. The molecule has 0 aliphatic heterocycles. The van der Waals surface area contributed by atoms with E-state index in [-0.39, 0.29) is 11.5 Å². The third kappa shape index (κ3) is 3.42. The van der Waals surface area contributed by atoms with Crippen molar-refractivity contribution < 1.29 is 14.2 Å². The Labute approximate surface area is 110 Å². The smallest absolute Gasteiger partial charge is 0.134 e. The molecule has 0 spiro atoms. The largest absolute Gasteiger partial charge is 0.492 e. The quantitative estimate of drug-likeness (QED) is 0.888. The average molecular weight is 305 g/mol. The van der Waals surface area contributed by atoms with Crippen LogP contribution in [0.25, 0.3) is 0 Å². The first-order valence-electron chi connectivity index (χ1n) is 5.77. The number of aliphatic hydroxyl groups is 1. The number of benzene rings is 1. The zero-order valence-electron chi connectivity index (χ0n) is 10.3. The van der Waals surface area contributed by atoms with Crippen molar-refractivity contribution in [2.24, 2.45) is 5.92 Å². The molecule has 1 unspecified atom stereocenters. The van der Waals surface area contributed by atoms with Crippen LogP contribution in [-0.4, -0.2) is 11.7 Å². The zero-order valence-corrected chi connectivity index (χ0v) is 11.9. The van der Waals surface area contributed by atoms with Gasteiger partial charge in [-0.1, -0.05) is 20.8 Å². The third-order valence-electron chi connectivity index (χ3n) is 2.48. The summed E-state index contributed by atoms with van der Waals surface area (Å²) in [6, 6.07) is 2.91. The van der Waals surface area contributed by atoms with Crippen molar-refractivity contribution in [2.45, 2.75) is 33.3 Å². The van der Waals surface area contributed by atoms with E-state index in [2.05, 4.69) is 15.9 Å². The molecule has 1 aromatic carbocycles. The van der Waals surface area contributed by atoms with Gasteiger partial charge in [-0.3, -0.25) is 0 Å². The molecular formula is C13H18BrFO2. The van der Waals surface area contributed by atoms with Crippen molar-refractivity contribution in [1.29, 1.82) is 0 Å². The van der Waals surface area contributed by atoms with Gasteiger partial charge in [0.15, 0.2) is 0 Å². The first kappa shape index (κ1) is 14.5. The summed E-state index contributed by atoms with van der Waals surface area (Å²) in [6.07, 6.45) is 0.0425. The van der Waals surface area contributed by atoms with Gasteiger partial charge in [0.05, 0.1) is 17.2 Å². The summed E-state index contributed by atoms with van der Waals surface area (Å²) < 4.78 is 19.7. The molecule has 1 N–H and O–H groups in total. The molecule has 4 heteroatoms. The van der Waals surface area contributed by atoms with Crippen LogP contribution in [0.15, 0.2) is 16.6 Å².